The lowest BCUT2D eigenvalue weighted by Crippen LogP contribution is -2.11. The lowest BCUT2D eigenvalue weighted by atomic mass is 10.2. The highest BCUT2D eigenvalue weighted by molar-refractivity contribution is 7.17. The molecule has 2 aromatic rings. The van der Waals surface area contributed by atoms with Crippen molar-refractivity contribution in [3.05, 3.63) is 46.2 Å². The normalized spacial score (nSPS) is 10.2. The van der Waals surface area contributed by atoms with Crippen molar-refractivity contribution < 1.29 is 19.1 Å². The Morgan fingerprint density at radius 1 is 1.42 bits per heavy atom. The standard InChI is InChI=1S/C12H9FN2O3S/c1-6-9(11(17)18)19-12(14-6)15-10(16)7-3-2-4-8(13)5-7/h2-5H,1H3,(H,17,18)(H,14,15,16). The van der Waals surface area contributed by atoms with Crippen LogP contribution in [0.2, 0.25) is 0 Å². The van der Waals surface area contributed by atoms with Gasteiger partial charge in [0.05, 0.1) is 5.69 Å². The monoisotopic (exact) mass is 280 g/mol. The Balaban J connectivity index is 2.20. The van der Waals surface area contributed by atoms with E-state index < -0.39 is 17.7 Å². The Labute approximate surface area is 111 Å². The van der Waals surface area contributed by atoms with E-state index in [0.29, 0.717) is 5.69 Å². The maximum absolute atomic E-state index is 13.0. The van der Waals surface area contributed by atoms with Crippen molar-refractivity contribution in [2.75, 3.05) is 5.32 Å². The van der Waals surface area contributed by atoms with Crippen LogP contribution in [0.25, 0.3) is 0 Å². The van der Waals surface area contributed by atoms with E-state index in [1.807, 2.05) is 0 Å². The van der Waals surface area contributed by atoms with Gasteiger partial charge in [0, 0.05) is 5.56 Å². The molecule has 0 aliphatic carbocycles. The molecule has 0 spiro atoms. The molecule has 1 heterocycles. The zero-order valence-electron chi connectivity index (χ0n) is 9.81. The number of carboxylic acid groups (broad SMARTS) is 1. The molecule has 1 aromatic heterocycles. The van der Waals surface area contributed by atoms with E-state index in [4.69, 9.17) is 5.11 Å². The van der Waals surface area contributed by atoms with Crippen molar-refractivity contribution in [3.8, 4) is 0 Å². The topological polar surface area (TPSA) is 79.3 Å². The number of carbonyl (C=O) groups is 2. The van der Waals surface area contributed by atoms with Crippen molar-refractivity contribution in [1.29, 1.82) is 0 Å². The lowest BCUT2D eigenvalue weighted by Gasteiger charge is -2.01. The van der Waals surface area contributed by atoms with Crippen LogP contribution in [0, 0.1) is 12.7 Å². The third-order valence-electron chi connectivity index (χ3n) is 2.30. The number of thiazole rings is 1. The zero-order valence-corrected chi connectivity index (χ0v) is 10.6. The van der Waals surface area contributed by atoms with Crippen LogP contribution in [0.4, 0.5) is 9.52 Å². The molecule has 0 fully saturated rings. The molecule has 0 saturated carbocycles. The Morgan fingerprint density at radius 2 is 2.16 bits per heavy atom. The van der Waals surface area contributed by atoms with E-state index in [-0.39, 0.29) is 15.6 Å². The Bertz CT molecular complexity index is 654. The molecule has 2 N–H and O–H groups in total. The van der Waals surface area contributed by atoms with Crippen LogP contribution in [0.3, 0.4) is 0 Å². The maximum Gasteiger partial charge on any atom is 0.347 e. The summed E-state index contributed by atoms with van der Waals surface area (Å²) in [5.74, 6) is -2.15. The number of nitrogens with zero attached hydrogens (tertiary/aromatic N) is 1. The third-order valence-corrected chi connectivity index (χ3v) is 3.36. The number of aryl methyl sites for hydroxylation is 1. The highest BCUT2D eigenvalue weighted by Gasteiger charge is 2.16. The van der Waals surface area contributed by atoms with E-state index in [0.717, 1.165) is 17.4 Å². The van der Waals surface area contributed by atoms with Crippen LogP contribution < -0.4 is 5.32 Å². The van der Waals surface area contributed by atoms with Crippen LogP contribution in [0.15, 0.2) is 24.3 Å². The highest BCUT2D eigenvalue weighted by atomic mass is 32.1. The van der Waals surface area contributed by atoms with Gasteiger partial charge in [-0.05, 0) is 25.1 Å². The number of anilines is 1. The van der Waals surface area contributed by atoms with Crippen molar-refractivity contribution >= 4 is 28.3 Å². The highest BCUT2D eigenvalue weighted by Crippen LogP contribution is 2.23. The van der Waals surface area contributed by atoms with E-state index in [1.165, 1.54) is 25.1 Å². The number of aromatic nitrogens is 1. The molecule has 1 amide bonds. The fourth-order valence-electron chi connectivity index (χ4n) is 1.45. The predicted octanol–water partition coefficient (Wildman–Crippen LogP) is 2.54. The van der Waals surface area contributed by atoms with Crippen molar-refractivity contribution in [2.45, 2.75) is 6.92 Å². The summed E-state index contributed by atoms with van der Waals surface area (Å²) in [7, 11) is 0. The van der Waals surface area contributed by atoms with Crippen molar-refractivity contribution in [1.82, 2.24) is 4.98 Å². The molecule has 0 bridgehead atoms. The second kappa shape index (κ2) is 5.15. The molecule has 0 atom stereocenters. The fourth-order valence-corrected chi connectivity index (χ4v) is 2.25. The molecular formula is C12H9FN2O3S. The first-order valence-electron chi connectivity index (χ1n) is 5.25. The second-order valence-electron chi connectivity index (χ2n) is 3.70. The van der Waals surface area contributed by atoms with Gasteiger partial charge in [-0.3, -0.25) is 10.1 Å². The largest absolute Gasteiger partial charge is 0.477 e. The molecular weight excluding hydrogens is 271 g/mol. The molecule has 0 unspecified atom stereocenters. The van der Waals surface area contributed by atoms with Crippen molar-refractivity contribution in [2.24, 2.45) is 0 Å². The minimum atomic E-state index is -1.10. The van der Waals surface area contributed by atoms with Gasteiger partial charge in [-0.2, -0.15) is 0 Å². The number of benzene rings is 1. The Kier molecular flexibility index (Phi) is 3.57. The first-order chi connectivity index (χ1) is 8.97. The van der Waals surface area contributed by atoms with Crippen LogP contribution in [0.1, 0.15) is 25.7 Å². The molecule has 98 valence electrons. The summed E-state index contributed by atoms with van der Waals surface area (Å²) in [5, 5.41) is 11.5. The fraction of sp³-hybridized carbons (Fsp3) is 0.0833. The Morgan fingerprint density at radius 3 is 2.74 bits per heavy atom. The number of nitrogens with one attached hydrogen (secondary N) is 1. The second-order valence-corrected chi connectivity index (χ2v) is 4.70. The van der Waals surface area contributed by atoms with E-state index in [1.54, 1.807) is 0 Å². The van der Waals surface area contributed by atoms with Gasteiger partial charge in [0.15, 0.2) is 5.13 Å². The molecule has 0 aliphatic rings. The van der Waals surface area contributed by atoms with Crippen LogP contribution >= 0.6 is 11.3 Å². The number of aromatic carboxylic acids is 1. The molecule has 7 heteroatoms. The molecule has 0 aliphatic heterocycles. The van der Waals surface area contributed by atoms with Gasteiger partial charge in [0.2, 0.25) is 0 Å². The molecule has 0 radical (unpaired) electrons. The number of carbonyl (C=O) groups excluding carboxylic acids is 1. The summed E-state index contributed by atoms with van der Waals surface area (Å²) in [5.41, 5.74) is 0.469. The van der Waals surface area contributed by atoms with E-state index in [9.17, 15) is 14.0 Å². The quantitative estimate of drug-likeness (QED) is 0.905. The summed E-state index contributed by atoms with van der Waals surface area (Å²) in [6.45, 7) is 1.54. The maximum atomic E-state index is 13.0. The summed E-state index contributed by atoms with van der Waals surface area (Å²) in [4.78, 5) is 26.6. The lowest BCUT2D eigenvalue weighted by molar-refractivity contribution is 0.0701. The minimum absolute atomic E-state index is 0.0644. The summed E-state index contributed by atoms with van der Waals surface area (Å²) in [6.07, 6.45) is 0. The average Bonchev–Trinajstić information content (AvgIpc) is 2.70. The first-order valence-corrected chi connectivity index (χ1v) is 6.06. The smallest absolute Gasteiger partial charge is 0.347 e. The summed E-state index contributed by atoms with van der Waals surface area (Å²) < 4.78 is 13.0. The SMILES string of the molecule is Cc1nc(NC(=O)c2cccc(F)c2)sc1C(=O)O. The van der Waals surface area contributed by atoms with E-state index >= 15 is 0 Å². The zero-order chi connectivity index (χ0) is 14.0. The predicted molar refractivity (Wildman–Crippen MR) is 68.2 cm³/mol. The van der Waals surface area contributed by atoms with Gasteiger partial charge >= 0.3 is 5.97 Å². The number of amides is 1. The van der Waals surface area contributed by atoms with Crippen LogP contribution in [-0.4, -0.2) is 22.0 Å². The number of hydrogen-bond acceptors (Lipinski definition) is 4. The van der Waals surface area contributed by atoms with E-state index in [2.05, 4.69) is 10.3 Å². The molecule has 2 rings (SSSR count). The molecule has 0 saturated heterocycles. The summed E-state index contributed by atoms with van der Waals surface area (Å²) in [6, 6.07) is 5.19. The first kappa shape index (κ1) is 13.2. The van der Waals surface area contributed by atoms with Gasteiger partial charge in [0.1, 0.15) is 10.7 Å². The van der Waals surface area contributed by atoms with Gasteiger partial charge in [0.25, 0.3) is 5.91 Å². The number of carboxylic acids is 1. The number of halogens is 1. The molecule has 19 heavy (non-hydrogen) atoms. The summed E-state index contributed by atoms with van der Waals surface area (Å²) >= 11 is 0.858. The van der Waals surface area contributed by atoms with Gasteiger partial charge < -0.3 is 5.11 Å². The molecule has 5 nitrogen and oxygen atoms in total. The number of hydrogen-bond donors (Lipinski definition) is 2. The molecule has 1 aromatic carbocycles. The average molecular weight is 280 g/mol. The van der Waals surface area contributed by atoms with Gasteiger partial charge in [-0.25, -0.2) is 14.2 Å². The van der Waals surface area contributed by atoms with Crippen LogP contribution in [0.5, 0.6) is 0 Å². The van der Waals surface area contributed by atoms with Gasteiger partial charge in [-0.15, -0.1) is 0 Å². The Hall–Kier alpha value is -2.28. The van der Waals surface area contributed by atoms with Gasteiger partial charge in [-0.1, -0.05) is 17.4 Å². The minimum Gasteiger partial charge on any atom is -0.477 e. The van der Waals surface area contributed by atoms with Crippen LogP contribution in [-0.2, 0) is 0 Å². The number of rotatable bonds is 3. The van der Waals surface area contributed by atoms with Crippen molar-refractivity contribution in [3.63, 3.8) is 0 Å². The third kappa shape index (κ3) is 2.94.